The second-order valence-corrected chi connectivity index (χ2v) is 7.34. The van der Waals surface area contributed by atoms with Crippen molar-refractivity contribution in [2.45, 2.75) is 43.1 Å². The second kappa shape index (κ2) is 8.76. The molecule has 0 aliphatic heterocycles. The van der Waals surface area contributed by atoms with Crippen LogP contribution in [0.5, 0.6) is 5.75 Å². The fraction of sp³-hybridized carbons (Fsp3) is 0.364. The third-order valence-electron chi connectivity index (χ3n) is 5.07. The van der Waals surface area contributed by atoms with Gasteiger partial charge in [0.05, 0.1) is 19.2 Å². The van der Waals surface area contributed by atoms with E-state index in [4.69, 9.17) is 4.74 Å². The molecule has 1 amide bonds. The molecular weight excluding hydrogens is 395 g/mol. The highest BCUT2D eigenvalue weighted by Gasteiger charge is 2.47. The van der Waals surface area contributed by atoms with Crippen LogP contribution in [0.15, 0.2) is 54.6 Å². The van der Waals surface area contributed by atoms with Gasteiger partial charge in [0.15, 0.2) is 0 Å². The summed E-state index contributed by atoms with van der Waals surface area (Å²) >= 11 is 0. The Morgan fingerprint density at radius 1 is 1.17 bits per heavy atom. The van der Waals surface area contributed by atoms with E-state index in [9.17, 15) is 23.2 Å². The van der Waals surface area contributed by atoms with Crippen molar-refractivity contribution in [3.05, 3.63) is 65.7 Å². The minimum atomic E-state index is -4.63. The summed E-state index contributed by atoms with van der Waals surface area (Å²) in [6, 6.07) is 13.1. The minimum Gasteiger partial charge on any atom is -0.497 e. The standard InChI is InChI=1S/C22H22F3N3O2/c1-30-17-9-7-16(8-10-17)19(22(23,24)25)27-18(13-15-5-3-2-4-6-15)20(29)28-21(14-26)11-12-21/h2-10,18-19,27H,11-13H2,1H3,(H,28,29)/t18-,19+/m1/s1. The molecule has 1 saturated carbocycles. The van der Waals surface area contributed by atoms with E-state index in [0.717, 1.165) is 0 Å². The quantitative estimate of drug-likeness (QED) is 0.687. The lowest BCUT2D eigenvalue weighted by atomic mass is 10.0. The summed E-state index contributed by atoms with van der Waals surface area (Å²) in [6.07, 6.45) is -3.59. The average molecular weight is 417 g/mol. The van der Waals surface area contributed by atoms with Crippen molar-refractivity contribution in [3.63, 3.8) is 0 Å². The van der Waals surface area contributed by atoms with Gasteiger partial charge in [-0.25, -0.2) is 0 Å². The number of hydrogen-bond donors (Lipinski definition) is 2. The van der Waals surface area contributed by atoms with Gasteiger partial charge in [0.25, 0.3) is 0 Å². The summed E-state index contributed by atoms with van der Waals surface area (Å²) in [5.41, 5.74) is -0.292. The number of halogens is 3. The van der Waals surface area contributed by atoms with Crippen molar-refractivity contribution >= 4 is 5.91 Å². The van der Waals surface area contributed by atoms with Crippen LogP contribution >= 0.6 is 0 Å². The van der Waals surface area contributed by atoms with E-state index >= 15 is 0 Å². The van der Waals surface area contributed by atoms with Gasteiger partial charge in [-0.1, -0.05) is 42.5 Å². The molecule has 0 saturated heterocycles. The predicted molar refractivity (Wildman–Crippen MR) is 105 cm³/mol. The Hall–Kier alpha value is -3.05. The first kappa shape index (κ1) is 21.7. The van der Waals surface area contributed by atoms with Crippen LogP contribution in [0.1, 0.15) is 30.0 Å². The van der Waals surface area contributed by atoms with Crippen LogP contribution in [0, 0.1) is 11.3 Å². The first-order chi connectivity index (χ1) is 14.3. The van der Waals surface area contributed by atoms with Crippen LogP contribution in [0.4, 0.5) is 13.2 Å². The van der Waals surface area contributed by atoms with Crippen LogP contribution in [0.25, 0.3) is 0 Å². The van der Waals surface area contributed by atoms with E-state index in [-0.39, 0.29) is 12.0 Å². The molecule has 0 bridgehead atoms. The number of carbonyl (C=O) groups excluding carboxylic acids is 1. The molecule has 2 aromatic carbocycles. The smallest absolute Gasteiger partial charge is 0.407 e. The highest BCUT2D eigenvalue weighted by atomic mass is 19.4. The monoisotopic (exact) mass is 417 g/mol. The van der Waals surface area contributed by atoms with E-state index < -0.39 is 29.7 Å². The summed E-state index contributed by atoms with van der Waals surface area (Å²) in [4.78, 5) is 12.8. The third kappa shape index (κ3) is 5.30. The van der Waals surface area contributed by atoms with Crippen LogP contribution < -0.4 is 15.4 Å². The number of nitriles is 1. The number of amides is 1. The van der Waals surface area contributed by atoms with Crippen LogP contribution in [0.3, 0.4) is 0 Å². The van der Waals surface area contributed by atoms with E-state index in [1.165, 1.54) is 31.4 Å². The Kier molecular flexibility index (Phi) is 6.32. The molecule has 0 heterocycles. The number of nitrogens with zero attached hydrogens (tertiary/aromatic N) is 1. The topological polar surface area (TPSA) is 74.2 Å². The van der Waals surface area contributed by atoms with E-state index in [2.05, 4.69) is 10.6 Å². The van der Waals surface area contributed by atoms with Gasteiger partial charge in [-0.15, -0.1) is 0 Å². The molecule has 3 rings (SSSR count). The number of methoxy groups -OCH3 is 1. The molecular formula is C22H22F3N3O2. The fourth-order valence-electron chi connectivity index (χ4n) is 3.17. The Morgan fingerprint density at radius 3 is 2.30 bits per heavy atom. The third-order valence-corrected chi connectivity index (χ3v) is 5.07. The molecule has 2 atom stereocenters. The zero-order valence-electron chi connectivity index (χ0n) is 16.4. The normalized spacial score (nSPS) is 16.8. The van der Waals surface area contributed by atoms with Crippen molar-refractivity contribution in [2.24, 2.45) is 0 Å². The summed E-state index contributed by atoms with van der Waals surface area (Å²) in [5.74, 6) is -0.191. The zero-order chi connectivity index (χ0) is 21.8. The fourth-order valence-corrected chi connectivity index (χ4v) is 3.17. The van der Waals surface area contributed by atoms with Crippen molar-refractivity contribution < 1.29 is 22.7 Å². The number of alkyl halides is 3. The Labute approximate surface area is 172 Å². The van der Waals surface area contributed by atoms with Crippen LogP contribution in [-0.2, 0) is 11.2 Å². The maximum atomic E-state index is 13.9. The van der Waals surface area contributed by atoms with Gasteiger partial charge in [0.2, 0.25) is 5.91 Å². The lowest BCUT2D eigenvalue weighted by Gasteiger charge is -2.28. The maximum Gasteiger partial charge on any atom is 0.407 e. The molecule has 0 aromatic heterocycles. The summed E-state index contributed by atoms with van der Waals surface area (Å²) in [6.45, 7) is 0. The summed E-state index contributed by atoms with van der Waals surface area (Å²) in [7, 11) is 1.43. The number of benzene rings is 2. The molecule has 0 unspecified atom stereocenters. The molecule has 8 heteroatoms. The number of nitrogens with one attached hydrogen (secondary N) is 2. The van der Waals surface area contributed by atoms with Crippen molar-refractivity contribution in [3.8, 4) is 11.8 Å². The maximum absolute atomic E-state index is 13.9. The average Bonchev–Trinajstić information content (AvgIpc) is 3.51. The SMILES string of the molecule is COc1ccc([C@H](N[C@H](Cc2ccccc2)C(=O)NC2(C#N)CC2)C(F)(F)F)cc1. The van der Waals surface area contributed by atoms with Crippen LogP contribution in [-0.4, -0.2) is 30.8 Å². The molecule has 5 nitrogen and oxygen atoms in total. The first-order valence-corrected chi connectivity index (χ1v) is 9.50. The molecule has 158 valence electrons. The molecule has 2 N–H and O–H groups in total. The molecule has 1 aliphatic rings. The number of ether oxygens (including phenoxy) is 1. The second-order valence-electron chi connectivity index (χ2n) is 7.34. The van der Waals surface area contributed by atoms with E-state index in [0.29, 0.717) is 24.2 Å². The van der Waals surface area contributed by atoms with Gasteiger partial charge in [0.1, 0.15) is 17.3 Å². The number of carbonyl (C=O) groups is 1. The Balaban J connectivity index is 1.87. The highest BCUT2D eigenvalue weighted by molar-refractivity contribution is 5.83. The summed E-state index contributed by atoms with van der Waals surface area (Å²) < 4.78 is 46.7. The molecule has 2 aromatic rings. The predicted octanol–water partition coefficient (Wildman–Crippen LogP) is 3.67. The number of hydrogen-bond acceptors (Lipinski definition) is 4. The summed E-state index contributed by atoms with van der Waals surface area (Å²) in [5, 5.41) is 14.3. The molecule has 1 fully saturated rings. The zero-order valence-corrected chi connectivity index (χ0v) is 16.4. The van der Waals surface area contributed by atoms with E-state index in [1.807, 2.05) is 6.07 Å². The Bertz CT molecular complexity index is 904. The van der Waals surface area contributed by atoms with Gasteiger partial charge in [-0.3, -0.25) is 10.1 Å². The largest absolute Gasteiger partial charge is 0.497 e. The van der Waals surface area contributed by atoms with Gasteiger partial charge in [-0.05, 0) is 42.5 Å². The van der Waals surface area contributed by atoms with Gasteiger partial charge < -0.3 is 10.1 Å². The van der Waals surface area contributed by atoms with Crippen molar-refractivity contribution in [1.82, 2.24) is 10.6 Å². The van der Waals surface area contributed by atoms with Gasteiger partial charge in [0, 0.05) is 0 Å². The molecule has 1 aliphatic carbocycles. The number of rotatable bonds is 8. The highest BCUT2D eigenvalue weighted by Crippen LogP contribution is 2.36. The first-order valence-electron chi connectivity index (χ1n) is 9.50. The lowest BCUT2D eigenvalue weighted by Crippen LogP contribution is -2.52. The molecule has 0 radical (unpaired) electrons. The van der Waals surface area contributed by atoms with Crippen LogP contribution in [0.2, 0.25) is 0 Å². The lowest BCUT2D eigenvalue weighted by molar-refractivity contribution is -0.161. The van der Waals surface area contributed by atoms with Gasteiger partial charge >= 0.3 is 6.18 Å². The Morgan fingerprint density at radius 2 is 1.80 bits per heavy atom. The van der Waals surface area contributed by atoms with Crippen molar-refractivity contribution in [2.75, 3.05) is 7.11 Å². The van der Waals surface area contributed by atoms with Crippen molar-refractivity contribution in [1.29, 1.82) is 5.26 Å². The molecule has 30 heavy (non-hydrogen) atoms. The molecule has 0 spiro atoms. The van der Waals surface area contributed by atoms with E-state index in [1.54, 1.807) is 30.3 Å². The minimum absolute atomic E-state index is 0.0319. The van der Waals surface area contributed by atoms with Gasteiger partial charge in [-0.2, -0.15) is 18.4 Å².